The average Bonchev–Trinajstić information content (AvgIpc) is 2.56. The number of esters is 1. The maximum absolute atomic E-state index is 12.1. The first-order valence-corrected chi connectivity index (χ1v) is 7.47. The lowest BCUT2D eigenvalue weighted by atomic mass is 10.2. The molecule has 0 unspecified atom stereocenters. The molecule has 10 nitrogen and oxygen atoms in total. The number of rotatable bonds is 5. The maximum atomic E-state index is 12.1. The third kappa shape index (κ3) is 4.73. The van der Waals surface area contributed by atoms with E-state index in [1.165, 1.54) is 19.1 Å². The van der Waals surface area contributed by atoms with Crippen LogP contribution in [0.5, 0.6) is 0 Å². The van der Waals surface area contributed by atoms with E-state index in [1.54, 1.807) is 0 Å². The quantitative estimate of drug-likeness (QED) is 0.457. The largest absolute Gasteiger partial charge is 0.448 e. The van der Waals surface area contributed by atoms with E-state index >= 15 is 0 Å². The third-order valence-corrected chi connectivity index (χ3v) is 3.53. The Morgan fingerprint density at radius 3 is 2.72 bits per heavy atom. The van der Waals surface area contributed by atoms with Gasteiger partial charge in [0, 0.05) is 25.0 Å². The molecule has 0 spiro atoms. The monoisotopic (exact) mass is 368 g/mol. The van der Waals surface area contributed by atoms with E-state index in [-0.39, 0.29) is 40.9 Å². The minimum Gasteiger partial charge on any atom is -0.448 e. The summed E-state index contributed by atoms with van der Waals surface area (Å²) in [6, 6.07) is 3.54. The molecule has 0 bridgehead atoms. The Bertz CT molecular complexity index is 779. The molecule has 11 heteroatoms. The van der Waals surface area contributed by atoms with E-state index in [4.69, 9.17) is 16.3 Å². The minimum absolute atomic E-state index is 0.00705. The van der Waals surface area contributed by atoms with E-state index in [0.29, 0.717) is 0 Å². The summed E-state index contributed by atoms with van der Waals surface area (Å²) < 4.78 is 4.98. The highest BCUT2D eigenvalue weighted by Crippen LogP contribution is 2.26. The minimum atomic E-state index is -1.17. The third-order valence-electron chi connectivity index (χ3n) is 3.21. The van der Waals surface area contributed by atoms with Gasteiger partial charge in [-0.25, -0.2) is 10.2 Å². The number of ether oxygens (including phenoxy) is 1. The van der Waals surface area contributed by atoms with Crippen LogP contribution in [0.1, 0.15) is 19.8 Å². The van der Waals surface area contributed by atoms with Crippen molar-refractivity contribution in [3.05, 3.63) is 33.3 Å². The van der Waals surface area contributed by atoms with Crippen LogP contribution >= 0.6 is 11.6 Å². The lowest BCUT2D eigenvalue weighted by Crippen LogP contribution is -2.35. The summed E-state index contributed by atoms with van der Waals surface area (Å²) in [5.74, 6) is -1.81. The van der Waals surface area contributed by atoms with Gasteiger partial charge in [0.1, 0.15) is 5.71 Å². The number of carbonyl (C=O) groups is 3. The van der Waals surface area contributed by atoms with E-state index < -0.39 is 22.9 Å². The Balaban J connectivity index is 1.97. The standard InChI is InChI=1S/C14H13ClN4O6/c1-7(25-14(22)11-4-5-12(20)18-17-11)13(21)16-10-3-2-8(19(23)24)6-9(10)15/h2-3,6-7H,4-5H2,1H3,(H,16,21)(H,18,20)/t7-/m0/s1. The van der Waals surface area contributed by atoms with Crippen LogP contribution in [-0.2, 0) is 19.1 Å². The first-order valence-electron chi connectivity index (χ1n) is 7.09. The molecule has 0 radical (unpaired) electrons. The van der Waals surface area contributed by atoms with Crippen molar-refractivity contribution in [2.45, 2.75) is 25.9 Å². The summed E-state index contributed by atoms with van der Waals surface area (Å²) in [6.45, 7) is 1.34. The number of halogens is 1. The molecule has 0 saturated carbocycles. The van der Waals surface area contributed by atoms with Crippen LogP contribution in [0.15, 0.2) is 23.3 Å². The van der Waals surface area contributed by atoms with Gasteiger partial charge in [-0.15, -0.1) is 0 Å². The van der Waals surface area contributed by atoms with Gasteiger partial charge in [0.25, 0.3) is 11.6 Å². The molecule has 1 aliphatic heterocycles. The van der Waals surface area contributed by atoms with Crippen molar-refractivity contribution in [2.24, 2.45) is 5.10 Å². The Labute approximate surface area is 146 Å². The number of nitrogens with one attached hydrogen (secondary N) is 2. The number of anilines is 1. The molecular formula is C14H13ClN4O6. The van der Waals surface area contributed by atoms with Gasteiger partial charge < -0.3 is 10.1 Å². The highest BCUT2D eigenvalue weighted by atomic mass is 35.5. The number of carbonyl (C=O) groups excluding carboxylic acids is 3. The van der Waals surface area contributed by atoms with Gasteiger partial charge in [-0.1, -0.05) is 11.6 Å². The predicted molar refractivity (Wildman–Crippen MR) is 87.1 cm³/mol. The Morgan fingerprint density at radius 1 is 1.44 bits per heavy atom. The van der Waals surface area contributed by atoms with Gasteiger partial charge >= 0.3 is 5.97 Å². The van der Waals surface area contributed by atoms with Crippen molar-refractivity contribution in [1.29, 1.82) is 0 Å². The van der Waals surface area contributed by atoms with E-state index in [1.807, 2.05) is 0 Å². The molecule has 0 saturated heterocycles. The van der Waals surface area contributed by atoms with Crippen LogP contribution in [0.2, 0.25) is 5.02 Å². The summed E-state index contributed by atoms with van der Waals surface area (Å²) in [5.41, 5.74) is 2.08. The molecule has 132 valence electrons. The number of amides is 2. The first kappa shape index (κ1) is 18.3. The predicted octanol–water partition coefficient (Wildman–Crippen LogP) is 1.38. The normalized spacial score (nSPS) is 14.8. The summed E-state index contributed by atoms with van der Waals surface area (Å²) >= 11 is 5.88. The number of benzene rings is 1. The molecule has 2 amide bonds. The summed E-state index contributed by atoms with van der Waals surface area (Å²) in [4.78, 5) is 44.9. The molecule has 2 N–H and O–H groups in total. The number of hydrazone groups is 1. The van der Waals surface area contributed by atoms with Crippen molar-refractivity contribution < 1.29 is 24.0 Å². The topological polar surface area (TPSA) is 140 Å². The van der Waals surface area contributed by atoms with Gasteiger partial charge in [0.2, 0.25) is 5.91 Å². The van der Waals surface area contributed by atoms with Crippen LogP contribution in [0, 0.1) is 10.1 Å². The molecule has 0 aromatic heterocycles. The zero-order valence-electron chi connectivity index (χ0n) is 12.9. The molecule has 2 rings (SSSR count). The number of nitrogens with zero attached hydrogens (tertiary/aromatic N) is 2. The molecule has 0 fully saturated rings. The van der Waals surface area contributed by atoms with Crippen molar-refractivity contribution >= 4 is 46.5 Å². The zero-order valence-corrected chi connectivity index (χ0v) is 13.7. The Kier molecular flexibility index (Phi) is 5.65. The number of hydrogen-bond donors (Lipinski definition) is 2. The van der Waals surface area contributed by atoms with Crippen LogP contribution in [0.4, 0.5) is 11.4 Å². The van der Waals surface area contributed by atoms with Crippen LogP contribution < -0.4 is 10.7 Å². The highest BCUT2D eigenvalue weighted by Gasteiger charge is 2.25. The SMILES string of the molecule is C[C@H](OC(=O)C1=NNC(=O)CC1)C(=O)Nc1ccc([N+](=O)[O-])cc1Cl. The Hall–Kier alpha value is -3.01. The van der Waals surface area contributed by atoms with Crippen molar-refractivity contribution in [1.82, 2.24) is 5.43 Å². The molecule has 1 atom stereocenters. The molecule has 1 aromatic rings. The van der Waals surface area contributed by atoms with Gasteiger partial charge in [0.15, 0.2) is 6.10 Å². The van der Waals surface area contributed by atoms with Crippen molar-refractivity contribution in [3.63, 3.8) is 0 Å². The van der Waals surface area contributed by atoms with Crippen molar-refractivity contribution in [2.75, 3.05) is 5.32 Å². The van der Waals surface area contributed by atoms with E-state index in [2.05, 4.69) is 15.8 Å². The maximum Gasteiger partial charge on any atom is 0.355 e. The van der Waals surface area contributed by atoms with Gasteiger partial charge in [0.05, 0.1) is 15.6 Å². The lowest BCUT2D eigenvalue weighted by molar-refractivity contribution is -0.384. The second-order valence-corrected chi connectivity index (χ2v) is 5.46. The smallest absolute Gasteiger partial charge is 0.355 e. The fraction of sp³-hybridized carbons (Fsp3) is 0.286. The van der Waals surface area contributed by atoms with E-state index in [0.717, 1.165) is 6.07 Å². The zero-order chi connectivity index (χ0) is 18.6. The molecule has 1 heterocycles. The highest BCUT2D eigenvalue weighted by molar-refractivity contribution is 6.37. The molecule has 25 heavy (non-hydrogen) atoms. The molecule has 1 aliphatic rings. The lowest BCUT2D eigenvalue weighted by Gasteiger charge is -2.16. The van der Waals surface area contributed by atoms with Crippen LogP contribution in [-0.4, -0.2) is 34.5 Å². The van der Waals surface area contributed by atoms with Crippen molar-refractivity contribution in [3.8, 4) is 0 Å². The summed E-state index contributed by atoms with van der Waals surface area (Å²) in [5, 5.41) is 16.6. The first-order chi connectivity index (χ1) is 11.8. The molecular weight excluding hydrogens is 356 g/mol. The number of non-ortho nitro benzene ring substituents is 1. The summed E-state index contributed by atoms with van der Waals surface area (Å²) in [6.07, 6.45) is -0.945. The molecule has 0 aliphatic carbocycles. The second kappa shape index (κ2) is 7.71. The van der Waals surface area contributed by atoms with Gasteiger partial charge in [-0.05, 0) is 13.0 Å². The Morgan fingerprint density at radius 2 is 2.16 bits per heavy atom. The summed E-state index contributed by atoms with van der Waals surface area (Å²) in [7, 11) is 0. The number of nitro groups is 1. The number of nitro benzene ring substituents is 1. The van der Waals surface area contributed by atoms with Gasteiger partial charge in [-0.3, -0.25) is 19.7 Å². The van der Waals surface area contributed by atoms with Crippen LogP contribution in [0.25, 0.3) is 0 Å². The second-order valence-electron chi connectivity index (χ2n) is 5.05. The fourth-order valence-electron chi connectivity index (χ4n) is 1.86. The van der Waals surface area contributed by atoms with Crippen LogP contribution in [0.3, 0.4) is 0 Å². The fourth-order valence-corrected chi connectivity index (χ4v) is 2.08. The average molecular weight is 369 g/mol. The number of hydrogen-bond acceptors (Lipinski definition) is 7. The van der Waals surface area contributed by atoms with E-state index in [9.17, 15) is 24.5 Å². The molecule has 1 aromatic carbocycles. The van der Waals surface area contributed by atoms with Gasteiger partial charge in [-0.2, -0.15) is 5.10 Å².